The summed E-state index contributed by atoms with van der Waals surface area (Å²) in [5, 5.41) is 17.6. The van der Waals surface area contributed by atoms with Crippen LogP contribution in [0, 0.1) is 5.82 Å². The highest BCUT2D eigenvalue weighted by Gasteiger charge is 2.52. The quantitative estimate of drug-likeness (QED) is 0.395. The lowest BCUT2D eigenvalue weighted by molar-refractivity contribution is -0.118. The predicted molar refractivity (Wildman–Crippen MR) is 125 cm³/mol. The van der Waals surface area contributed by atoms with Gasteiger partial charge in [-0.3, -0.25) is 4.79 Å². The lowest BCUT2D eigenvalue weighted by Gasteiger charge is -2.18. The van der Waals surface area contributed by atoms with E-state index in [4.69, 9.17) is 16.3 Å². The van der Waals surface area contributed by atoms with Gasteiger partial charge in [-0.1, -0.05) is 17.7 Å². The van der Waals surface area contributed by atoms with E-state index >= 15 is 0 Å². The maximum atomic E-state index is 14.5. The van der Waals surface area contributed by atoms with Gasteiger partial charge in [-0.15, -0.1) is 10.2 Å². The molecule has 0 atom stereocenters. The van der Waals surface area contributed by atoms with Crippen molar-refractivity contribution < 1.29 is 13.9 Å². The van der Waals surface area contributed by atoms with Crippen LogP contribution in [0.2, 0.25) is 5.02 Å². The largest absolute Gasteiger partial charge is 0.478 e. The van der Waals surface area contributed by atoms with Crippen LogP contribution >= 0.6 is 11.6 Å². The van der Waals surface area contributed by atoms with E-state index in [1.807, 2.05) is 19.1 Å². The van der Waals surface area contributed by atoms with E-state index in [1.54, 1.807) is 24.4 Å². The summed E-state index contributed by atoms with van der Waals surface area (Å²) in [7, 11) is 0. The van der Waals surface area contributed by atoms with E-state index in [9.17, 15) is 9.18 Å². The van der Waals surface area contributed by atoms with Crippen molar-refractivity contribution >= 4 is 23.2 Å². The SMILES string of the molecule is CCOc1ccc(-c2ccc(NC(=O)C3(c4cc(Cl)ccc4F)CC3)cc2-c2nn[nH]n2)cn1. The fourth-order valence-electron chi connectivity index (χ4n) is 3.97. The normalized spacial score (nSPS) is 14.0. The third kappa shape index (κ3) is 4.10. The molecule has 0 saturated heterocycles. The Hall–Kier alpha value is -3.85. The van der Waals surface area contributed by atoms with Gasteiger partial charge in [-0.25, -0.2) is 9.37 Å². The zero-order valence-corrected chi connectivity index (χ0v) is 18.9. The summed E-state index contributed by atoms with van der Waals surface area (Å²) in [5.41, 5.74) is 2.18. The van der Waals surface area contributed by atoms with Crippen molar-refractivity contribution in [1.29, 1.82) is 0 Å². The highest BCUT2D eigenvalue weighted by Crippen LogP contribution is 2.50. The van der Waals surface area contributed by atoms with Crippen molar-refractivity contribution in [1.82, 2.24) is 25.6 Å². The third-order valence-corrected chi connectivity index (χ3v) is 6.07. The average Bonchev–Trinajstić information content (AvgIpc) is 3.47. The number of nitrogens with one attached hydrogen (secondary N) is 2. The number of hydrogen-bond donors (Lipinski definition) is 2. The lowest BCUT2D eigenvalue weighted by Crippen LogP contribution is -2.28. The minimum Gasteiger partial charge on any atom is -0.478 e. The summed E-state index contributed by atoms with van der Waals surface area (Å²) < 4.78 is 19.9. The molecule has 172 valence electrons. The van der Waals surface area contributed by atoms with E-state index in [1.165, 1.54) is 18.2 Å². The zero-order chi connectivity index (χ0) is 23.7. The predicted octanol–water partition coefficient (Wildman–Crippen LogP) is 4.79. The van der Waals surface area contributed by atoms with Crippen LogP contribution in [-0.2, 0) is 10.2 Å². The Balaban J connectivity index is 1.47. The van der Waals surface area contributed by atoms with E-state index in [-0.39, 0.29) is 5.91 Å². The molecule has 0 unspecified atom stereocenters. The molecule has 4 aromatic rings. The van der Waals surface area contributed by atoms with Gasteiger partial charge in [0, 0.05) is 39.7 Å². The van der Waals surface area contributed by atoms with Gasteiger partial charge >= 0.3 is 0 Å². The molecule has 0 aliphatic heterocycles. The summed E-state index contributed by atoms with van der Waals surface area (Å²) in [4.78, 5) is 17.5. The van der Waals surface area contributed by atoms with E-state index < -0.39 is 11.2 Å². The molecule has 2 heterocycles. The van der Waals surface area contributed by atoms with Crippen molar-refractivity contribution in [2.24, 2.45) is 0 Å². The summed E-state index contributed by atoms with van der Waals surface area (Å²) in [6.07, 6.45) is 2.79. The van der Waals surface area contributed by atoms with Gasteiger partial charge in [0.25, 0.3) is 0 Å². The number of nitrogens with zero attached hydrogens (tertiary/aromatic N) is 4. The maximum Gasteiger partial charge on any atom is 0.235 e. The zero-order valence-electron chi connectivity index (χ0n) is 18.2. The second kappa shape index (κ2) is 8.83. The highest BCUT2D eigenvalue weighted by atomic mass is 35.5. The average molecular weight is 479 g/mol. The van der Waals surface area contributed by atoms with Gasteiger partial charge < -0.3 is 10.1 Å². The summed E-state index contributed by atoms with van der Waals surface area (Å²) >= 11 is 6.06. The van der Waals surface area contributed by atoms with Gasteiger partial charge in [0.15, 0.2) is 0 Å². The van der Waals surface area contributed by atoms with Crippen molar-refractivity contribution in [3.8, 4) is 28.4 Å². The van der Waals surface area contributed by atoms with Crippen LogP contribution in [0.5, 0.6) is 5.88 Å². The first kappa shape index (κ1) is 22.0. The van der Waals surface area contributed by atoms with Gasteiger partial charge in [0.05, 0.1) is 12.0 Å². The number of amides is 1. The van der Waals surface area contributed by atoms with Crippen LogP contribution in [0.25, 0.3) is 22.5 Å². The molecule has 2 aromatic heterocycles. The topological polar surface area (TPSA) is 106 Å². The number of ether oxygens (including phenoxy) is 1. The summed E-state index contributed by atoms with van der Waals surface area (Å²) in [6.45, 7) is 2.42. The molecule has 1 aliphatic rings. The number of aromatic nitrogens is 5. The number of carbonyl (C=O) groups excluding carboxylic acids is 1. The Morgan fingerprint density at radius 3 is 2.71 bits per heavy atom. The Bertz CT molecular complexity index is 1340. The minimum absolute atomic E-state index is 0.289. The molecule has 0 spiro atoms. The monoisotopic (exact) mass is 478 g/mol. The van der Waals surface area contributed by atoms with Gasteiger partial charge in [0.1, 0.15) is 5.82 Å². The molecule has 1 amide bonds. The van der Waals surface area contributed by atoms with E-state index in [2.05, 4.69) is 30.9 Å². The molecule has 2 N–H and O–H groups in total. The number of carbonyl (C=O) groups is 1. The first-order valence-electron chi connectivity index (χ1n) is 10.7. The molecule has 5 rings (SSSR count). The number of aromatic amines is 1. The van der Waals surface area contributed by atoms with Crippen molar-refractivity contribution in [2.45, 2.75) is 25.2 Å². The molecular weight excluding hydrogens is 459 g/mol. The first-order valence-corrected chi connectivity index (χ1v) is 11.1. The molecule has 34 heavy (non-hydrogen) atoms. The molecule has 10 heteroatoms. The molecule has 2 aromatic carbocycles. The van der Waals surface area contributed by atoms with Gasteiger partial charge in [0.2, 0.25) is 17.6 Å². The third-order valence-electron chi connectivity index (χ3n) is 5.83. The van der Waals surface area contributed by atoms with Gasteiger partial charge in [-0.05, 0) is 66.9 Å². The molecular formula is C24H20ClFN6O2. The Labute approximate surface area is 199 Å². The molecule has 8 nitrogen and oxygen atoms in total. The number of halogens is 2. The van der Waals surface area contributed by atoms with Crippen LogP contribution in [0.15, 0.2) is 54.7 Å². The number of pyridine rings is 1. The molecule has 1 aliphatic carbocycles. The second-order valence-electron chi connectivity index (χ2n) is 7.97. The van der Waals surface area contributed by atoms with Crippen LogP contribution in [-0.4, -0.2) is 38.1 Å². The number of H-pyrrole nitrogens is 1. The molecule has 0 bridgehead atoms. The van der Waals surface area contributed by atoms with Gasteiger partial charge in [-0.2, -0.15) is 5.21 Å². The summed E-state index contributed by atoms with van der Waals surface area (Å²) in [6, 6.07) is 13.3. The molecule has 1 fully saturated rings. The van der Waals surface area contributed by atoms with Crippen molar-refractivity contribution in [3.63, 3.8) is 0 Å². The molecule has 1 saturated carbocycles. The fraction of sp³-hybridized carbons (Fsp3) is 0.208. The number of rotatable bonds is 7. The van der Waals surface area contributed by atoms with E-state index in [0.29, 0.717) is 53.0 Å². The minimum atomic E-state index is -0.932. The fourth-order valence-corrected chi connectivity index (χ4v) is 4.14. The Morgan fingerprint density at radius 1 is 1.18 bits per heavy atom. The van der Waals surface area contributed by atoms with Crippen LogP contribution in [0.1, 0.15) is 25.3 Å². The Kier molecular flexibility index (Phi) is 5.70. The smallest absolute Gasteiger partial charge is 0.235 e. The van der Waals surface area contributed by atoms with Crippen LogP contribution < -0.4 is 10.1 Å². The highest BCUT2D eigenvalue weighted by molar-refractivity contribution is 6.30. The standard InChI is InChI=1S/C24H20ClFN6O2/c1-2-34-21-8-3-14(13-27-21)17-6-5-16(12-18(17)22-29-31-32-30-22)28-23(33)24(9-10-24)19-11-15(25)4-7-20(19)26/h3-8,11-13H,2,9-10H2,1H3,(H,28,33)(H,29,30,31,32). The lowest BCUT2D eigenvalue weighted by atomic mass is 9.94. The number of benzene rings is 2. The van der Waals surface area contributed by atoms with Crippen LogP contribution in [0.4, 0.5) is 10.1 Å². The van der Waals surface area contributed by atoms with Crippen LogP contribution in [0.3, 0.4) is 0 Å². The second-order valence-corrected chi connectivity index (χ2v) is 8.41. The number of hydrogen-bond acceptors (Lipinski definition) is 6. The van der Waals surface area contributed by atoms with Crippen molar-refractivity contribution in [2.75, 3.05) is 11.9 Å². The Morgan fingerprint density at radius 2 is 2.03 bits per heavy atom. The van der Waals surface area contributed by atoms with Crippen molar-refractivity contribution in [3.05, 3.63) is 71.1 Å². The molecule has 0 radical (unpaired) electrons. The number of anilines is 1. The number of tetrazole rings is 1. The maximum absolute atomic E-state index is 14.5. The van der Waals surface area contributed by atoms with E-state index in [0.717, 1.165) is 11.1 Å². The first-order chi connectivity index (χ1) is 16.5. The summed E-state index contributed by atoms with van der Waals surface area (Å²) in [5.74, 6) is 0.160.